The molecule has 1 atom stereocenters. The molecule has 0 aliphatic carbocycles. The van der Waals surface area contributed by atoms with Crippen molar-refractivity contribution < 1.29 is 0 Å². The Morgan fingerprint density at radius 1 is 1.32 bits per heavy atom. The van der Waals surface area contributed by atoms with Gasteiger partial charge in [-0.2, -0.15) is 5.10 Å². The molecule has 130 valence electrons. The molecule has 0 N–H and O–H groups in total. The van der Waals surface area contributed by atoms with Crippen LogP contribution < -0.4 is 4.90 Å². The number of benzene rings is 1. The van der Waals surface area contributed by atoms with Crippen LogP contribution in [0, 0.1) is 13.8 Å². The molecule has 2 heterocycles. The van der Waals surface area contributed by atoms with Crippen molar-refractivity contribution in [2.75, 3.05) is 11.4 Å². The van der Waals surface area contributed by atoms with Gasteiger partial charge in [0.1, 0.15) is 10.8 Å². The summed E-state index contributed by atoms with van der Waals surface area (Å²) in [5.41, 5.74) is 4.53. The molecule has 0 bridgehead atoms. The summed E-state index contributed by atoms with van der Waals surface area (Å²) in [6.07, 6.45) is 0. The Labute approximate surface area is 157 Å². The Morgan fingerprint density at radius 3 is 2.64 bits per heavy atom. The smallest absolute Gasteiger partial charge is 0.129 e. The fourth-order valence-corrected chi connectivity index (χ4v) is 4.35. The van der Waals surface area contributed by atoms with E-state index in [1.165, 1.54) is 16.0 Å². The summed E-state index contributed by atoms with van der Waals surface area (Å²) in [6, 6.07) is 8.02. The van der Waals surface area contributed by atoms with Crippen LogP contribution in [0.2, 0.25) is 5.02 Å². The minimum Gasteiger partial charge on any atom is -0.317 e. The van der Waals surface area contributed by atoms with Gasteiger partial charge in [0.15, 0.2) is 0 Å². The van der Waals surface area contributed by atoms with Crippen LogP contribution in [-0.2, 0) is 0 Å². The van der Waals surface area contributed by atoms with Crippen LogP contribution >= 0.6 is 22.9 Å². The maximum Gasteiger partial charge on any atom is 0.129 e. The van der Waals surface area contributed by atoms with Crippen molar-refractivity contribution in [3.05, 3.63) is 50.9 Å². The van der Waals surface area contributed by atoms with Crippen molar-refractivity contribution in [1.82, 2.24) is 0 Å². The largest absolute Gasteiger partial charge is 0.317 e. The predicted octanol–water partition coefficient (Wildman–Crippen LogP) is 5.10. The molecule has 2 aromatic rings. The quantitative estimate of drug-likeness (QED) is 0.410. The molecule has 1 aromatic carbocycles. The van der Waals surface area contributed by atoms with E-state index in [1.807, 2.05) is 31.2 Å². The van der Waals surface area contributed by atoms with Crippen molar-refractivity contribution in [3.63, 3.8) is 0 Å². The molecular weight excluding hydrogens is 352 g/mol. The van der Waals surface area contributed by atoms with Crippen LogP contribution in [0.5, 0.6) is 0 Å². The third-order valence-corrected chi connectivity index (χ3v) is 5.85. The highest BCUT2D eigenvalue weighted by Crippen LogP contribution is 2.39. The summed E-state index contributed by atoms with van der Waals surface area (Å²) in [7, 11) is 0. The monoisotopic (exact) mass is 372 g/mol. The van der Waals surface area contributed by atoms with E-state index in [1.54, 1.807) is 11.3 Å². The molecule has 1 aliphatic heterocycles. The lowest BCUT2D eigenvalue weighted by Gasteiger charge is -2.23. The molecule has 1 aromatic heterocycles. The van der Waals surface area contributed by atoms with Gasteiger partial charge in [0.05, 0.1) is 11.8 Å². The molecule has 4 nitrogen and oxygen atoms in total. The summed E-state index contributed by atoms with van der Waals surface area (Å²) in [6.45, 7) is 12.6. The zero-order chi connectivity index (χ0) is 18.1. The van der Waals surface area contributed by atoms with Gasteiger partial charge in [-0.25, -0.2) is 0 Å². The molecule has 0 radical (unpaired) electrons. The highest BCUT2D eigenvalue weighted by molar-refractivity contribution is 7.17. The number of hydrogen-bond acceptors (Lipinski definition) is 4. The van der Waals surface area contributed by atoms with E-state index >= 15 is 0 Å². The number of anilines is 1. The number of halogens is 1. The minimum absolute atomic E-state index is 0.125. The summed E-state index contributed by atoms with van der Waals surface area (Å²) in [4.78, 5) is 8.50. The standard InChI is InChI=1S/C19H21ClN4S/c1-11-10-24(14(4)23-21-5)19-17(12(2)13(3)25-19)18(22-11)15-6-8-16(20)9-7-15/h6-9,11H,5,10H2,1-4H3/b23-14-/t11-/m0/s1. The first-order chi connectivity index (χ1) is 11.9. The second kappa shape index (κ2) is 7.10. The molecule has 0 saturated heterocycles. The van der Waals surface area contributed by atoms with Gasteiger partial charge in [0, 0.05) is 34.3 Å². The minimum atomic E-state index is 0.125. The van der Waals surface area contributed by atoms with E-state index in [9.17, 15) is 0 Å². The van der Waals surface area contributed by atoms with Crippen molar-refractivity contribution in [2.45, 2.75) is 33.7 Å². The van der Waals surface area contributed by atoms with Crippen LogP contribution in [-0.4, -0.2) is 30.9 Å². The second-order valence-corrected chi connectivity index (χ2v) is 7.84. The van der Waals surface area contributed by atoms with Gasteiger partial charge in [-0.1, -0.05) is 23.7 Å². The fourth-order valence-electron chi connectivity index (χ4n) is 3.01. The number of amidine groups is 1. The van der Waals surface area contributed by atoms with Crippen LogP contribution in [0.25, 0.3) is 0 Å². The number of nitrogens with zero attached hydrogens (tertiary/aromatic N) is 4. The lowest BCUT2D eigenvalue weighted by molar-refractivity contribution is 0.751. The van der Waals surface area contributed by atoms with E-state index in [2.05, 4.69) is 42.6 Å². The SMILES string of the molecule is C=N/N=C(/C)N1C[C@H](C)N=C(c2ccc(Cl)cc2)c2c1sc(C)c2C. The molecule has 0 unspecified atom stereocenters. The molecule has 6 heteroatoms. The second-order valence-electron chi connectivity index (χ2n) is 6.20. The molecule has 1 aliphatic rings. The number of aryl methyl sites for hydroxylation is 1. The highest BCUT2D eigenvalue weighted by Gasteiger charge is 2.28. The van der Waals surface area contributed by atoms with Crippen molar-refractivity contribution in [2.24, 2.45) is 15.2 Å². The number of aliphatic imine (C=N–C) groups is 1. The van der Waals surface area contributed by atoms with Crippen LogP contribution in [0.1, 0.15) is 35.4 Å². The molecule has 0 spiro atoms. The van der Waals surface area contributed by atoms with E-state index in [0.717, 1.165) is 33.7 Å². The third-order valence-electron chi connectivity index (χ3n) is 4.37. The normalized spacial score (nSPS) is 17.8. The van der Waals surface area contributed by atoms with Gasteiger partial charge in [-0.3, -0.25) is 4.99 Å². The first-order valence-corrected chi connectivity index (χ1v) is 9.33. The number of rotatable bonds is 2. The Bertz CT molecular complexity index is 864. The lowest BCUT2D eigenvalue weighted by Crippen LogP contribution is -2.33. The van der Waals surface area contributed by atoms with Crippen LogP contribution in [0.15, 0.2) is 39.5 Å². The average Bonchev–Trinajstić information content (AvgIpc) is 2.77. The first-order valence-electron chi connectivity index (χ1n) is 8.14. The molecule has 3 rings (SSSR count). The fraction of sp³-hybridized carbons (Fsp3) is 0.316. The van der Waals surface area contributed by atoms with Gasteiger partial charge in [-0.05, 0) is 45.4 Å². The molecule has 25 heavy (non-hydrogen) atoms. The van der Waals surface area contributed by atoms with E-state index in [-0.39, 0.29) is 6.04 Å². The number of thiophene rings is 1. The van der Waals surface area contributed by atoms with Gasteiger partial charge in [0.2, 0.25) is 0 Å². The summed E-state index contributed by atoms with van der Waals surface area (Å²) in [5, 5.41) is 9.76. The summed E-state index contributed by atoms with van der Waals surface area (Å²) < 4.78 is 0. The van der Waals surface area contributed by atoms with Crippen molar-refractivity contribution in [1.29, 1.82) is 0 Å². The summed E-state index contributed by atoms with van der Waals surface area (Å²) in [5.74, 6) is 0.830. The topological polar surface area (TPSA) is 40.3 Å². The Kier molecular flexibility index (Phi) is 5.06. The van der Waals surface area contributed by atoms with Crippen LogP contribution in [0.4, 0.5) is 5.00 Å². The van der Waals surface area contributed by atoms with Gasteiger partial charge >= 0.3 is 0 Å². The molecule has 0 amide bonds. The maximum absolute atomic E-state index is 6.07. The van der Waals surface area contributed by atoms with E-state index in [0.29, 0.717) is 0 Å². The van der Waals surface area contributed by atoms with Crippen molar-refractivity contribution >= 4 is 46.2 Å². The Hall–Kier alpha value is -1.98. The van der Waals surface area contributed by atoms with E-state index < -0.39 is 0 Å². The molecular formula is C19H21ClN4S. The van der Waals surface area contributed by atoms with Gasteiger partial charge < -0.3 is 4.90 Å². The lowest BCUT2D eigenvalue weighted by atomic mass is 10.00. The maximum atomic E-state index is 6.07. The average molecular weight is 373 g/mol. The van der Waals surface area contributed by atoms with E-state index in [4.69, 9.17) is 16.6 Å². The predicted molar refractivity (Wildman–Crippen MR) is 110 cm³/mol. The molecule has 0 fully saturated rings. The summed E-state index contributed by atoms with van der Waals surface area (Å²) >= 11 is 7.84. The van der Waals surface area contributed by atoms with Gasteiger partial charge in [-0.15, -0.1) is 16.4 Å². The Balaban J connectivity index is 2.22. The Morgan fingerprint density at radius 2 is 2.00 bits per heavy atom. The number of fused-ring (bicyclic) bond motifs is 1. The zero-order valence-corrected chi connectivity index (χ0v) is 16.4. The van der Waals surface area contributed by atoms with Gasteiger partial charge in [0.25, 0.3) is 0 Å². The zero-order valence-electron chi connectivity index (χ0n) is 14.9. The number of hydrogen-bond donors (Lipinski definition) is 0. The molecule has 0 saturated carbocycles. The third kappa shape index (κ3) is 3.39. The van der Waals surface area contributed by atoms with Crippen LogP contribution in [0.3, 0.4) is 0 Å². The highest BCUT2D eigenvalue weighted by atomic mass is 35.5. The first kappa shape index (κ1) is 17.8. The van der Waals surface area contributed by atoms with Crippen molar-refractivity contribution in [3.8, 4) is 0 Å².